The van der Waals surface area contributed by atoms with Crippen molar-refractivity contribution in [1.29, 1.82) is 0 Å². The summed E-state index contributed by atoms with van der Waals surface area (Å²) >= 11 is 0. The minimum absolute atomic E-state index is 0.142. The zero-order chi connectivity index (χ0) is 11.6. The van der Waals surface area contributed by atoms with E-state index in [2.05, 4.69) is 24.0 Å². The Hall–Kier alpha value is -0.900. The van der Waals surface area contributed by atoms with E-state index in [1.807, 2.05) is 0 Å². The Morgan fingerprint density at radius 1 is 1.44 bits per heavy atom. The summed E-state index contributed by atoms with van der Waals surface area (Å²) in [5.41, 5.74) is 0. The van der Waals surface area contributed by atoms with Gasteiger partial charge in [-0.25, -0.2) is 0 Å². The maximum Gasteiger partial charge on any atom is 0.226 e. The lowest BCUT2D eigenvalue weighted by molar-refractivity contribution is 0.0731. The first kappa shape index (κ1) is 13.2. The maximum absolute atomic E-state index is 5.59. The van der Waals surface area contributed by atoms with Crippen molar-refractivity contribution in [3.63, 3.8) is 0 Å². The van der Waals surface area contributed by atoms with Crippen LogP contribution in [0.2, 0.25) is 0 Å². The topological polar surface area (TPSA) is 48.2 Å². The van der Waals surface area contributed by atoms with Crippen LogP contribution in [0.3, 0.4) is 0 Å². The molecule has 0 aliphatic rings. The molecule has 1 heterocycles. The molecule has 4 nitrogen and oxygen atoms in total. The predicted octanol–water partition coefficient (Wildman–Crippen LogP) is 2.80. The molecule has 16 heavy (non-hydrogen) atoms. The monoisotopic (exact) mass is 225 g/mol. The van der Waals surface area contributed by atoms with Crippen molar-refractivity contribution in [1.82, 2.24) is 10.1 Å². The molecule has 4 heteroatoms. The van der Waals surface area contributed by atoms with Crippen LogP contribution >= 0.6 is 0 Å². The molecule has 1 rings (SSSR count). The van der Waals surface area contributed by atoms with E-state index in [4.69, 9.17) is 9.26 Å². The van der Waals surface area contributed by atoms with Gasteiger partial charge < -0.3 is 9.26 Å². The van der Waals surface area contributed by atoms with E-state index in [1.54, 1.807) is 0 Å². The molecule has 1 unspecified atom stereocenters. The molecular formula is C12H21N2O2. The second-order valence-corrected chi connectivity index (χ2v) is 3.93. The molecule has 0 saturated carbocycles. The fraction of sp³-hybridized carbons (Fsp3) is 0.750. The first-order valence-electron chi connectivity index (χ1n) is 6.03. The number of aryl methyl sites for hydroxylation is 1. The fourth-order valence-electron chi connectivity index (χ4n) is 1.45. The van der Waals surface area contributed by atoms with Crippen molar-refractivity contribution < 1.29 is 9.26 Å². The highest BCUT2D eigenvalue weighted by molar-refractivity contribution is 4.73. The first-order chi connectivity index (χ1) is 7.83. The second kappa shape index (κ2) is 8.28. The van der Waals surface area contributed by atoms with E-state index in [-0.39, 0.29) is 6.10 Å². The summed E-state index contributed by atoms with van der Waals surface area (Å²) in [6.45, 7) is 6.91. The van der Waals surface area contributed by atoms with E-state index in [0.29, 0.717) is 5.89 Å². The largest absolute Gasteiger partial charge is 0.378 e. The Labute approximate surface area is 97.4 Å². The quantitative estimate of drug-likeness (QED) is 0.606. The van der Waals surface area contributed by atoms with Gasteiger partial charge in [0.15, 0.2) is 6.33 Å². The highest BCUT2D eigenvalue weighted by atomic mass is 16.5. The van der Waals surface area contributed by atoms with Crippen LogP contribution in [-0.4, -0.2) is 22.9 Å². The van der Waals surface area contributed by atoms with E-state index < -0.39 is 0 Å². The zero-order valence-electron chi connectivity index (χ0n) is 10.0. The molecule has 1 aromatic rings. The number of aromatic nitrogens is 2. The van der Waals surface area contributed by atoms with Gasteiger partial charge in [0, 0.05) is 13.0 Å². The van der Waals surface area contributed by atoms with Crippen molar-refractivity contribution in [2.75, 3.05) is 6.61 Å². The normalized spacial score (nSPS) is 12.9. The van der Waals surface area contributed by atoms with Crippen molar-refractivity contribution in [3.8, 4) is 0 Å². The molecule has 0 fully saturated rings. The lowest BCUT2D eigenvalue weighted by atomic mass is 10.2. The lowest BCUT2D eigenvalue weighted by Gasteiger charge is -2.11. The summed E-state index contributed by atoms with van der Waals surface area (Å²) in [7, 11) is 0. The summed E-state index contributed by atoms with van der Waals surface area (Å²) in [4.78, 5) is 3.96. The van der Waals surface area contributed by atoms with Crippen LogP contribution in [0.25, 0.3) is 0 Å². The molecule has 1 atom stereocenters. The van der Waals surface area contributed by atoms with Crippen molar-refractivity contribution in [2.24, 2.45) is 0 Å². The molecule has 91 valence electrons. The van der Waals surface area contributed by atoms with Gasteiger partial charge in [-0.2, -0.15) is 4.98 Å². The molecular weight excluding hydrogens is 204 g/mol. The number of ether oxygens (including phenoxy) is 1. The molecule has 1 radical (unpaired) electrons. The average molecular weight is 225 g/mol. The number of hydrogen-bond acceptors (Lipinski definition) is 4. The van der Waals surface area contributed by atoms with Gasteiger partial charge in [0.05, 0.1) is 6.10 Å². The molecule has 1 aromatic heterocycles. The third kappa shape index (κ3) is 5.85. The number of unbranched alkanes of at least 4 members (excludes halogenated alkanes) is 2. The lowest BCUT2D eigenvalue weighted by Crippen LogP contribution is -2.09. The summed E-state index contributed by atoms with van der Waals surface area (Å²) in [5.74, 6) is 0.706. The SMILES string of the molecule is [CH2]C(CCCC)OCCCCc1ncno1. The molecule has 0 aliphatic heterocycles. The number of rotatable bonds is 9. The summed E-state index contributed by atoms with van der Waals surface area (Å²) < 4.78 is 10.5. The van der Waals surface area contributed by atoms with Crippen LogP contribution in [0.15, 0.2) is 10.9 Å². The van der Waals surface area contributed by atoms with E-state index in [9.17, 15) is 0 Å². The number of nitrogens with zero attached hydrogens (tertiary/aromatic N) is 2. The summed E-state index contributed by atoms with van der Waals surface area (Å²) in [6, 6.07) is 0. The van der Waals surface area contributed by atoms with Crippen molar-refractivity contribution >= 4 is 0 Å². The first-order valence-corrected chi connectivity index (χ1v) is 6.03. The highest BCUT2D eigenvalue weighted by Gasteiger charge is 2.02. The molecule has 0 aromatic carbocycles. The van der Waals surface area contributed by atoms with E-state index in [1.165, 1.54) is 19.2 Å². The molecule has 0 spiro atoms. The van der Waals surface area contributed by atoms with Crippen LogP contribution in [0, 0.1) is 6.92 Å². The van der Waals surface area contributed by atoms with Gasteiger partial charge in [0.2, 0.25) is 5.89 Å². The van der Waals surface area contributed by atoms with Crippen molar-refractivity contribution in [2.45, 2.75) is 51.6 Å². The highest BCUT2D eigenvalue weighted by Crippen LogP contribution is 2.06. The Bertz CT molecular complexity index is 250. The molecule has 0 aliphatic carbocycles. The maximum atomic E-state index is 5.59. The Balaban J connectivity index is 1.91. The van der Waals surface area contributed by atoms with Crippen molar-refractivity contribution in [3.05, 3.63) is 19.1 Å². The molecule has 0 N–H and O–H groups in total. The van der Waals surface area contributed by atoms with Gasteiger partial charge in [0.25, 0.3) is 0 Å². The van der Waals surface area contributed by atoms with Crippen LogP contribution in [-0.2, 0) is 11.2 Å². The van der Waals surface area contributed by atoms with Gasteiger partial charge in [-0.3, -0.25) is 0 Å². The summed E-state index contributed by atoms with van der Waals surface area (Å²) in [6.07, 6.45) is 7.89. The van der Waals surface area contributed by atoms with Crippen LogP contribution in [0.1, 0.15) is 44.9 Å². The Morgan fingerprint density at radius 3 is 3.00 bits per heavy atom. The van der Waals surface area contributed by atoms with Gasteiger partial charge in [-0.15, -0.1) is 0 Å². The zero-order valence-corrected chi connectivity index (χ0v) is 10.0. The van der Waals surface area contributed by atoms with Gasteiger partial charge in [0.1, 0.15) is 0 Å². The van der Waals surface area contributed by atoms with Gasteiger partial charge in [-0.05, 0) is 26.2 Å². The Kier molecular flexibility index (Phi) is 6.81. The van der Waals surface area contributed by atoms with Crippen LogP contribution in [0.5, 0.6) is 0 Å². The third-order valence-corrected chi connectivity index (χ3v) is 2.43. The second-order valence-electron chi connectivity index (χ2n) is 3.93. The fourth-order valence-corrected chi connectivity index (χ4v) is 1.45. The minimum atomic E-state index is 0.142. The van der Waals surface area contributed by atoms with Crippen LogP contribution in [0.4, 0.5) is 0 Å². The standard InChI is InChI=1S/C12H21N2O2/c1-3-4-7-11(2)15-9-6-5-8-12-13-10-14-16-12/h10-11H,2-9H2,1H3. The Morgan fingerprint density at radius 2 is 2.31 bits per heavy atom. The predicted molar refractivity (Wildman–Crippen MR) is 61.9 cm³/mol. The molecule has 0 saturated heterocycles. The summed E-state index contributed by atoms with van der Waals surface area (Å²) in [5, 5.41) is 3.56. The van der Waals surface area contributed by atoms with E-state index in [0.717, 1.165) is 32.3 Å². The third-order valence-electron chi connectivity index (χ3n) is 2.43. The average Bonchev–Trinajstić information content (AvgIpc) is 2.79. The molecule has 0 bridgehead atoms. The minimum Gasteiger partial charge on any atom is -0.378 e. The number of hydrogen-bond donors (Lipinski definition) is 0. The van der Waals surface area contributed by atoms with Gasteiger partial charge in [-0.1, -0.05) is 24.9 Å². The smallest absolute Gasteiger partial charge is 0.226 e. The van der Waals surface area contributed by atoms with Crippen LogP contribution < -0.4 is 0 Å². The van der Waals surface area contributed by atoms with Gasteiger partial charge >= 0.3 is 0 Å². The van der Waals surface area contributed by atoms with E-state index >= 15 is 0 Å². The molecule has 0 amide bonds.